The maximum Gasteiger partial charge on any atom is 0.334 e. The lowest BCUT2D eigenvalue weighted by atomic mass is 10.1. The van der Waals surface area contributed by atoms with Crippen molar-refractivity contribution in [1.29, 1.82) is 0 Å². The second-order valence-electron chi connectivity index (χ2n) is 6.22. The fraction of sp³-hybridized carbons (Fsp3) is 0.250. The van der Waals surface area contributed by atoms with Crippen LogP contribution >= 0.6 is 0 Å². The third-order valence-corrected chi connectivity index (χ3v) is 4.38. The third kappa shape index (κ3) is 4.08. The van der Waals surface area contributed by atoms with E-state index < -0.39 is 17.9 Å². The second-order valence-corrected chi connectivity index (χ2v) is 6.22. The Morgan fingerprint density at radius 2 is 1.85 bits per heavy atom. The molecule has 0 spiro atoms. The van der Waals surface area contributed by atoms with Crippen LogP contribution in [0.1, 0.15) is 28.8 Å². The maximum absolute atomic E-state index is 12.6. The molecule has 0 radical (unpaired) electrons. The van der Waals surface area contributed by atoms with Crippen LogP contribution in [-0.4, -0.2) is 35.3 Å². The van der Waals surface area contributed by atoms with E-state index in [-0.39, 0.29) is 23.6 Å². The first kappa shape index (κ1) is 17.7. The number of ether oxygens (including phenoxy) is 1. The average Bonchev–Trinajstić information content (AvgIpc) is 3.13. The van der Waals surface area contributed by atoms with Gasteiger partial charge in [-0.1, -0.05) is 36.4 Å². The van der Waals surface area contributed by atoms with Crippen LogP contribution in [0.15, 0.2) is 54.6 Å². The number of primary amides is 1. The molecule has 134 valence electrons. The summed E-state index contributed by atoms with van der Waals surface area (Å²) in [5.74, 6) is -0.941. The number of hydrogen-bond donors (Lipinski definition) is 1. The number of rotatable bonds is 5. The molecule has 2 amide bonds. The quantitative estimate of drug-likeness (QED) is 0.658. The molecule has 0 saturated carbocycles. The molecule has 6 heteroatoms. The summed E-state index contributed by atoms with van der Waals surface area (Å²) in [6.45, 7) is 0.534. The van der Waals surface area contributed by atoms with Gasteiger partial charge in [0.25, 0.3) is 0 Å². The second kappa shape index (κ2) is 7.82. The van der Waals surface area contributed by atoms with Crippen LogP contribution in [0.5, 0.6) is 5.75 Å². The summed E-state index contributed by atoms with van der Waals surface area (Å²) in [5.41, 5.74) is 6.41. The molecule has 1 unspecified atom stereocenters. The van der Waals surface area contributed by atoms with Crippen molar-refractivity contribution in [3.05, 3.63) is 65.7 Å². The van der Waals surface area contributed by atoms with Gasteiger partial charge in [-0.2, -0.15) is 0 Å². The van der Waals surface area contributed by atoms with Crippen molar-refractivity contribution in [2.75, 3.05) is 6.54 Å². The SMILES string of the molecule is NC(=O)c1cccc(OC(=O)C2CCCN2C(=O)Cc2ccccc2)c1. The van der Waals surface area contributed by atoms with Gasteiger partial charge in [-0.15, -0.1) is 0 Å². The Bertz CT molecular complexity index is 820. The fourth-order valence-corrected chi connectivity index (χ4v) is 3.08. The number of carbonyl (C=O) groups excluding carboxylic acids is 3. The molecule has 2 aromatic rings. The molecule has 1 heterocycles. The lowest BCUT2D eigenvalue weighted by molar-refractivity contribution is -0.145. The van der Waals surface area contributed by atoms with Crippen molar-refractivity contribution in [1.82, 2.24) is 4.90 Å². The van der Waals surface area contributed by atoms with Gasteiger partial charge in [-0.05, 0) is 36.6 Å². The van der Waals surface area contributed by atoms with Crippen LogP contribution in [0.3, 0.4) is 0 Å². The van der Waals surface area contributed by atoms with Crippen LogP contribution in [0, 0.1) is 0 Å². The topological polar surface area (TPSA) is 89.7 Å². The van der Waals surface area contributed by atoms with Gasteiger partial charge in [0.15, 0.2) is 0 Å². The summed E-state index contributed by atoms with van der Waals surface area (Å²) in [7, 11) is 0. The minimum atomic E-state index is -0.608. The molecule has 6 nitrogen and oxygen atoms in total. The third-order valence-electron chi connectivity index (χ3n) is 4.38. The first-order valence-electron chi connectivity index (χ1n) is 8.49. The lowest BCUT2D eigenvalue weighted by Gasteiger charge is -2.23. The van der Waals surface area contributed by atoms with Crippen molar-refractivity contribution in [3.8, 4) is 5.75 Å². The Hall–Kier alpha value is -3.15. The summed E-state index contributed by atoms with van der Waals surface area (Å²) >= 11 is 0. The number of esters is 1. The molecule has 2 aromatic carbocycles. The molecule has 1 aliphatic rings. The van der Waals surface area contributed by atoms with E-state index in [0.29, 0.717) is 13.0 Å². The van der Waals surface area contributed by atoms with Crippen LogP contribution in [0.2, 0.25) is 0 Å². The van der Waals surface area contributed by atoms with Gasteiger partial charge in [0.05, 0.1) is 6.42 Å². The zero-order valence-electron chi connectivity index (χ0n) is 14.3. The standard InChI is InChI=1S/C20H20N2O4/c21-19(24)15-8-4-9-16(13-15)26-20(25)17-10-5-11-22(17)18(23)12-14-6-2-1-3-7-14/h1-4,6-9,13,17H,5,10-12H2,(H2,21,24). The zero-order chi connectivity index (χ0) is 18.5. The molecular weight excluding hydrogens is 332 g/mol. The van der Waals surface area contributed by atoms with E-state index >= 15 is 0 Å². The van der Waals surface area contributed by atoms with Gasteiger partial charge in [-0.25, -0.2) is 4.79 Å². The van der Waals surface area contributed by atoms with Gasteiger partial charge in [0, 0.05) is 12.1 Å². The molecule has 2 N–H and O–H groups in total. The largest absolute Gasteiger partial charge is 0.425 e. The van der Waals surface area contributed by atoms with Crippen molar-refractivity contribution in [3.63, 3.8) is 0 Å². The van der Waals surface area contributed by atoms with Crippen LogP contribution < -0.4 is 10.5 Å². The highest BCUT2D eigenvalue weighted by Gasteiger charge is 2.35. The Labute approximate surface area is 151 Å². The van der Waals surface area contributed by atoms with E-state index in [4.69, 9.17) is 10.5 Å². The van der Waals surface area contributed by atoms with Gasteiger partial charge >= 0.3 is 5.97 Å². The molecule has 0 aliphatic carbocycles. The highest BCUT2D eigenvalue weighted by atomic mass is 16.5. The first-order valence-corrected chi connectivity index (χ1v) is 8.49. The predicted molar refractivity (Wildman–Crippen MR) is 95.5 cm³/mol. The summed E-state index contributed by atoms with van der Waals surface area (Å²) in [6, 6.07) is 15.0. The smallest absolute Gasteiger partial charge is 0.334 e. The molecule has 0 bridgehead atoms. The van der Waals surface area contributed by atoms with Crippen molar-refractivity contribution in [2.45, 2.75) is 25.3 Å². The molecule has 0 aromatic heterocycles. The Morgan fingerprint density at radius 3 is 2.58 bits per heavy atom. The van der Waals surface area contributed by atoms with Crippen molar-refractivity contribution >= 4 is 17.8 Å². The highest BCUT2D eigenvalue weighted by Crippen LogP contribution is 2.22. The van der Waals surface area contributed by atoms with Crippen LogP contribution in [-0.2, 0) is 16.0 Å². The predicted octanol–water partition coefficient (Wildman–Crippen LogP) is 1.92. The number of carbonyl (C=O) groups is 3. The molecule has 1 aliphatic heterocycles. The van der Waals surface area contributed by atoms with Gasteiger partial charge < -0.3 is 15.4 Å². The van der Waals surface area contributed by atoms with E-state index in [2.05, 4.69) is 0 Å². The summed E-state index contributed by atoms with van der Waals surface area (Å²) < 4.78 is 5.38. The molecule has 1 atom stereocenters. The van der Waals surface area contributed by atoms with Crippen LogP contribution in [0.25, 0.3) is 0 Å². The minimum absolute atomic E-state index is 0.0958. The van der Waals surface area contributed by atoms with E-state index in [1.807, 2.05) is 30.3 Å². The Morgan fingerprint density at radius 1 is 1.08 bits per heavy atom. The van der Waals surface area contributed by atoms with E-state index in [9.17, 15) is 14.4 Å². The van der Waals surface area contributed by atoms with E-state index in [1.165, 1.54) is 6.07 Å². The first-order chi connectivity index (χ1) is 12.5. The van der Waals surface area contributed by atoms with E-state index in [0.717, 1.165) is 12.0 Å². The lowest BCUT2D eigenvalue weighted by Crippen LogP contribution is -2.43. The van der Waals surface area contributed by atoms with E-state index in [1.54, 1.807) is 23.1 Å². The molecule has 1 saturated heterocycles. The van der Waals surface area contributed by atoms with Crippen molar-refractivity contribution < 1.29 is 19.1 Å². The Kier molecular flexibility index (Phi) is 5.31. The zero-order valence-corrected chi connectivity index (χ0v) is 14.3. The molecule has 26 heavy (non-hydrogen) atoms. The van der Waals surface area contributed by atoms with Crippen LogP contribution in [0.4, 0.5) is 0 Å². The number of nitrogens with zero attached hydrogens (tertiary/aromatic N) is 1. The number of hydrogen-bond acceptors (Lipinski definition) is 4. The van der Waals surface area contributed by atoms with Gasteiger partial charge in [0.1, 0.15) is 11.8 Å². The highest BCUT2D eigenvalue weighted by molar-refractivity contribution is 5.93. The number of amides is 2. The fourth-order valence-electron chi connectivity index (χ4n) is 3.08. The number of nitrogens with two attached hydrogens (primary N) is 1. The number of likely N-dealkylation sites (tertiary alicyclic amines) is 1. The Balaban J connectivity index is 1.67. The molecule has 3 rings (SSSR count). The molecular formula is C20H20N2O4. The van der Waals surface area contributed by atoms with Crippen molar-refractivity contribution in [2.24, 2.45) is 5.73 Å². The summed E-state index contributed by atoms with van der Waals surface area (Å²) in [6.07, 6.45) is 1.57. The molecule has 1 fully saturated rings. The van der Waals surface area contributed by atoms with Gasteiger partial charge in [0.2, 0.25) is 11.8 Å². The summed E-state index contributed by atoms with van der Waals surface area (Å²) in [5, 5.41) is 0. The van der Waals surface area contributed by atoms with Gasteiger partial charge in [-0.3, -0.25) is 9.59 Å². The number of benzene rings is 2. The average molecular weight is 352 g/mol. The normalized spacial score (nSPS) is 16.3. The monoisotopic (exact) mass is 352 g/mol. The maximum atomic E-state index is 12.6. The summed E-state index contributed by atoms with van der Waals surface area (Å²) in [4.78, 5) is 37.9. The minimum Gasteiger partial charge on any atom is -0.425 e.